The monoisotopic (exact) mass is 340 g/mol. The first-order chi connectivity index (χ1) is 12.1. The van der Waals surface area contributed by atoms with E-state index >= 15 is 0 Å². The van der Waals surface area contributed by atoms with Crippen LogP contribution in [-0.4, -0.2) is 31.1 Å². The molecule has 1 N–H and O–H groups in total. The Morgan fingerprint density at radius 1 is 1.16 bits per heavy atom. The van der Waals surface area contributed by atoms with Gasteiger partial charge in [-0.05, 0) is 37.6 Å². The number of benzene rings is 2. The first kappa shape index (κ1) is 17.1. The van der Waals surface area contributed by atoms with E-state index in [-0.39, 0.29) is 18.1 Å². The van der Waals surface area contributed by atoms with E-state index in [9.17, 15) is 4.79 Å². The Morgan fingerprint density at radius 2 is 1.92 bits per heavy atom. The molecule has 1 aliphatic rings. The van der Waals surface area contributed by atoms with Gasteiger partial charge in [-0.25, -0.2) is 0 Å². The number of hydrogen-bond acceptors (Lipinski definition) is 4. The lowest BCUT2D eigenvalue weighted by Gasteiger charge is -2.41. The molecule has 0 radical (unpaired) electrons. The lowest BCUT2D eigenvalue weighted by molar-refractivity contribution is 0.0591. The predicted octanol–water partition coefficient (Wildman–Crippen LogP) is 4.07. The molecule has 5 heteroatoms. The number of hydrogen-bond donors (Lipinski definition) is 1. The normalized spacial score (nSPS) is 17.5. The molecule has 1 amide bonds. The minimum atomic E-state index is -0.293. The molecule has 0 spiro atoms. The Morgan fingerprint density at radius 3 is 2.60 bits per heavy atom. The summed E-state index contributed by atoms with van der Waals surface area (Å²) >= 11 is 0. The van der Waals surface area contributed by atoms with Crippen LogP contribution in [0.25, 0.3) is 0 Å². The molecule has 132 valence electrons. The summed E-state index contributed by atoms with van der Waals surface area (Å²) in [5.74, 6) is 1.45. The highest BCUT2D eigenvalue weighted by atomic mass is 16.5. The van der Waals surface area contributed by atoms with Crippen LogP contribution in [0, 0.1) is 0 Å². The Hall–Kier alpha value is -2.69. The van der Waals surface area contributed by atoms with Gasteiger partial charge in [-0.2, -0.15) is 0 Å². The number of fused-ring (bicyclic) bond motifs is 1. The largest absolute Gasteiger partial charge is 0.497 e. The Labute approximate surface area is 148 Å². The molecule has 2 aromatic carbocycles. The van der Waals surface area contributed by atoms with Gasteiger partial charge in [0.05, 0.1) is 19.8 Å². The molecule has 25 heavy (non-hydrogen) atoms. The number of carbonyl (C=O) groups excluding carboxylic acids is 1. The van der Waals surface area contributed by atoms with Crippen LogP contribution in [0.4, 0.5) is 5.69 Å². The van der Waals surface area contributed by atoms with Crippen LogP contribution in [-0.2, 0) is 0 Å². The maximum absolute atomic E-state index is 13.1. The van der Waals surface area contributed by atoms with E-state index in [1.165, 1.54) is 0 Å². The molecule has 0 aliphatic carbocycles. The van der Waals surface area contributed by atoms with Crippen molar-refractivity contribution in [3.05, 3.63) is 53.6 Å². The molecular formula is C20H24N2O3. The van der Waals surface area contributed by atoms with Crippen molar-refractivity contribution < 1.29 is 14.3 Å². The van der Waals surface area contributed by atoms with Crippen molar-refractivity contribution in [1.82, 2.24) is 4.90 Å². The van der Waals surface area contributed by atoms with Gasteiger partial charge in [0.25, 0.3) is 5.91 Å². The number of nitrogens with zero attached hydrogens (tertiary/aromatic N) is 1. The van der Waals surface area contributed by atoms with Crippen LogP contribution in [0.15, 0.2) is 42.5 Å². The number of amides is 1. The molecule has 0 bridgehead atoms. The number of carbonyl (C=O) groups is 1. The number of ether oxygens (including phenoxy) is 2. The van der Waals surface area contributed by atoms with Crippen molar-refractivity contribution in [1.29, 1.82) is 0 Å². The van der Waals surface area contributed by atoms with Crippen LogP contribution in [0.1, 0.15) is 42.4 Å². The van der Waals surface area contributed by atoms with Crippen molar-refractivity contribution in [3.8, 4) is 11.5 Å². The number of rotatable bonds is 5. The van der Waals surface area contributed by atoms with Crippen molar-refractivity contribution >= 4 is 11.6 Å². The molecule has 2 aromatic rings. The van der Waals surface area contributed by atoms with Crippen molar-refractivity contribution in [2.24, 2.45) is 0 Å². The number of methoxy groups -OCH3 is 2. The molecule has 0 aromatic heterocycles. The summed E-state index contributed by atoms with van der Waals surface area (Å²) < 4.78 is 10.9. The van der Waals surface area contributed by atoms with Gasteiger partial charge in [0.15, 0.2) is 0 Å². The van der Waals surface area contributed by atoms with E-state index in [1.54, 1.807) is 14.2 Å². The van der Waals surface area contributed by atoms with E-state index in [1.807, 2.05) is 47.4 Å². The van der Waals surface area contributed by atoms with Gasteiger partial charge in [-0.1, -0.05) is 19.1 Å². The van der Waals surface area contributed by atoms with Crippen LogP contribution < -0.4 is 14.8 Å². The summed E-state index contributed by atoms with van der Waals surface area (Å²) in [7, 11) is 3.25. The van der Waals surface area contributed by atoms with Gasteiger partial charge >= 0.3 is 0 Å². The van der Waals surface area contributed by atoms with Crippen LogP contribution in [0.3, 0.4) is 0 Å². The summed E-state index contributed by atoms with van der Waals surface area (Å²) in [6, 6.07) is 13.4. The fourth-order valence-corrected chi connectivity index (χ4v) is 3.19. The molecule has 0 unspecified atom stereocenters. The standard InChI is InChI=1S/C20H24N2O3/c1-5-13(2)22-19(16-11-10-14(24-3)12-18(16)25-4)21-17-9-7-6-8-15(17)20(22)23/h6-13,19,21H,5H2,1-4H3/t13-,19+/m1/s1. The second kappa shape index (κ2) is 7.05. The highest BCUT2D eigenvalue weighted by Crippen LogP contribution is 2.39. The average molecular weight is 340 g/mol. The minimum Gasteiger partial charge on any atom is -0.497 e. The summed E-state index contributed by atoms with van der Waals surface area (Å²) in [6.07, 6.45) is 0.572. The van der Waals surface area contributed by atoms with Gasteiger partial charge in [0.2, 0.25) is 0 Å². The summed E-state index contributed by atoms with van der Waals surface area (Å²) in [5.41, 5.74) is 2.45. The second-order valence-electron chi connectivity index (χ2n) is 6.17. The quantitative estimate of drug-likeness (QED) is 0.891. The maximum Gasteiger partial charge on any atom is 0.258 e. The molecule has 0 saturated heterocycles. The molecule has 2 atom stereocenters. The van der Waals surface area contributed by atoms with E-state index in [2.05, 4.69) is 19.2 Å². The second-order valence-corrected chi connectivity index (χ2v) is 6.17. The Bertz CT molecular complexity index is 775. The average Bonchev–Trinajstić information content (AvgIpc) is 2.66. The summed E-state index contributed by atoms with van der Waals surface area (Å²) in [5, 5.41) is 3.51. The third-order valence-electron chi connectivity index (χ3n) is 4.76. The lowest BCUT2D eigenvalue weighted by Crippen LogP contribution is -2.47. The van der Waals surface area contributed by atoms with E-state index in [4.69, 9.17) is 9.47 Å². The fourth-order valence-electron chi connectivity index (χ4n) is 3.19. The Kier molecular flexibility index (Phi) is 4.83. The van der Waals surface area contributed by atoms with E-state index in [0.717, 1.165) is 23.4 Å². The zero-order valence-corrected chi connectivity index (χ0v) is 15.1. The molecule has 5 nitrogen and oxygen atoms in total. The zero-order valence-electron chi connectivity index (χ0n) is 15.1. The van der Waals surface area contributed by atoms with E-state index < -0.39 is 0 Å². The van der Waals surface area contributed by atoms with Gasteiger partial charge < -0.3 is 19.7 Å². The SMILES string of the molecule is CC[C@@H](C)N1C(=O)c2ccccc2N[C@@H]1c1ccc(OC)cc1OC. The molecular weight excluding hydrogens is 316 g/mol. The predicted molar refractivity (Wildman–Crippen MR) is 98.3 cm³/mol. The van der Waals surface area contributed by atoms with E-state index in [0.29, 0.717) is 11.3 Å². The van der Waals surface area contributed by atoms with Crippen molar-refractivity contribution in [2.45, 2.75) is 32.5 Å². The van der Waals surface area contributed by atoms with Crippen LogP contribution >= 0.6 is 0 Å². The molecule has 0 fully saturated rings. The highest BCUT2D eigenvalue weighted by molar-refractivity contribution is 6.02. The maximum atomic E-state index is 13.1. The summed E-state index contributed by atoms with van der Waals surface area (Å²) in [4.78, 5) is 15.0. The first-order valence-corrected chi connectivity index (χ1v) is 8.50. The number of para-hydroxylation sites is 1. The number of anilines is 1. The van der Waals surface area contributed by atoms with Gasteiger partial charge in [-0.15, -0.1) is 0 Å². The smallest absolute Gasteiger partial charge is 0.258 e. The molecule has 0 saturated carbocycles. The van der Waals surface area contributed by atoms with Gasteiger partial charge in [0.1, 0.15) is 17.7 Å². The lowest BCUT2D eigenvalue weighted by atomic mass is 10.00. The highest BCUT2D eigenvalue weighted by Gasteiger charge is 2.36. The summed E-state index contributed by atoms with van der Waals surface area (Å²) in [6.45, 7) is 4.15. The van der Waals surface area contributed by atoms with Crippen LogP contribution in [0.5, 0.6) is 11.5 Å². The number of nitrogens with one attached hydrogen (secondary N) is 1. The van der Waals surface area contributed by atoms with Crippen LogP contribution in [0.2, 0.25) is 0 Å². The molecule has 1 aliphatic heterocycles. The molecule has 3 rings (SSSR count). The van der Waals surface area contributed by atoms with Gasteiger partial charge in [-0.3, -0.25) is 4.79 Å². The molecule has 1 heterocycles. The Balaban J connectivity index is 2.11. The van der Waals surface area contributed by atoms with Crippen molar-refractivity contribution in [2.75, 3.05) is 19.5 Å². The minimum absolute atomic E-state index is 0.0339. The third kappa shape index (κ3) is 3.02. The first-order valence-electron chi connectivity index (χ1n) is 8.50. The van der Waals surface area contributed by atoms with Gasteiger partial charge in [0, 0.05) is 23.4 Å². The fraction of sp³-hybridized carbons (Fsp3) is 0.350. The van der Waals surface area contributed by atoms with Crippen molar-refractivity contribution in [3.63, 3.8) is 0 Å². The zero-order chi connectivity index (χ0) is 18.0. The topological polar surface area (TPSA) is 50.8 Å². The third-order valence-corrected chi connectivity index (χ3v) is 4.76.